The summed E-state index contributed by atoms with van der Waals surface area (Å²) in [7, 11) is 0. The van der Waals surface area contributed by atoms with Gasteiger partial charge in [-0.3, -0.25) is 4.79 Å². The number of unbranched alkanes of at least 4 members (excludes halogenated alkanes) is 1. The summed E-state index contributed by atoms with van der Waals surface area (Å²) >= 11 is 0. The van der Waals surface area contributed by atoms with Crippen LogP contribution in [0.1, 0.15) is 39.0 Å². The zero-order valence-corrected chi connectivity index (χ0v) is 10.2. The van der Waals surface area contributed by atoms with Gasteiger partial charge in [0.2, 0.25) is 5.91 Å². The van der Waals surface area contributed by atoms with E-state index in [9.17, 15) is 4.79 Å². The molecule has 1 atom stereocenters. The summed E-state index contributed by atoms with van der Waals surface area (Å²) in [6.45, 7) is 4.75. The number of hydrogen-bond acceptors (Lipinski definition) is 2. The number of carbonyl (C=O) groups is 1. The lowest BCUT2D eigenvalue weighted by Crippen LogP contribution is -2.51. The van der Waals surface area contributed by atoms with Crippen LogP contribution in [0.15, 0.2) is 0 Å². The quantitative estimate of drug-likeness (QED) is 0.544. The van der Waals surface area contributed by atoms with Gasteiger partial charge in [-0.15, -0.1) is 12.3 Å². The van der Waals surface area contributed by atoms with Gasteiger partial charge in [0, 0.05) is 19.5 Å². The molecular weight excluding hydrogens is 200 g/mol. The lowest BCUT2D eigenvalue weighted by molar-refractivity contribution is -0.136. The fourth-order valence-electron chi connectivity index (χ4n) is 2.04. The first kappa shape index (κ1) is 13.1. The molecule has 3 heteroatoms. The third-order valence-electron chi connectivity index (χ3n) is 2.92. The number of terminal acetylenes is 1. The predicted octanol–water partition coefficient (Wildman–Crippen LogP) is 1.39. The van der Waals surface area contributed by atoms with E-state index >= 15 is 0 Å². The normalized spacial score (nSPS) is 20.9. The van der Waals surface area contributed by atoms with E-state index in [1.165, 1.54) is 0 Å². The Morgan fingerprint density at radius 3 is 3.12 bits per heavy atom. The molecule has 1 fully saturated rings. The van der Waals surface area contributed by atoms with Crippen LogP contribution in [0.4, 0.5) is 0 Å². The fourth-order valence-corrected chi connectivity index (χ4v) is 2.04. The Morgan fingerprint density at radius 1 is 1.62 bits per heavy atom. The van der Waals surface area contributed by atoms with E-state index in [-0.39, 0.29) is 11.9 Å². The van der Waals surface area contributed by atoms with Crippen molar-refractivity contribution in [2.75, 3.05) is 19.6 Å². The molecule has 1 N–H and O–H groups in total. The third-order valence-corrected chi connectivity index (χ3v) is 2.92. The Morgan fingerprint density at radius 2 is 2.44 bits per heavy atom. The van der Waals surface area contributed by atoms with Crippen molar-refractivity contribution in [2.45, 2.75) is 45.1 Å². The highest BCUT2D eigenvalue weighted by molar-refractivity contribution is 5.82. The second-order valence-corrected chi connectivity index (χ2v) is 4.28. The minimum absolute atomic E-state index is 0.0412. The molecule has 0 aromatic rings. The molecule has 1 saturated heterocycles. The molecule has 1 amide bonds. The average Bonchev–Trinajstić information content (AvgIpc) is 2.30. The molecule has 1 heterocycles. The number of nitrogens with one attached hydrogen (secondary N) is 1. The van der Waals surface area contributed by atoms with Crippen LogP contribution in [0.25, 0.3) is 0 Å². The molecule has 0 aliphatic carbocycles. The molecule has 3 nitrogen and oxygen atoms in total. The minimum Gasteiger partial charge on any atom is -0.341 e. The van der Waals surface area contributed by atoms with Crippen molar-refractivity contribution in [1.82, 2.24) is 10.2 Å². The summed E-state index contributed by atoms with van der Waals surface area (Å²) in [5.41, 5.74) is 0. The van der Waals surface area contributed by atoms with Gasteiger partial charge in [0.05, 0.1) is 6.04 Å². The zero-order valence-electron chi connectivity index (χ0n) is 10.2. The molecule has 1 rings (SSSR count). The van der Waals surface area contributed by atoms with Crippen molar-refractivity contribution in [3.05, 3.63) is 0 Å². The maximum Gasteiger partial charge on any atom is 0.239 e. The van der Waals surface area contributed by atoms with Gasteiger partial charge in [0.15, 0.2) is 0 Å². The maximum absolute atomic E-state index is 12.0. The van der Waals surface area contributed by atoms with Gasteiger partial charge >= 0.3 is 0 Å². The molecule has 1 unspecified atom stereocenters. The van der Waals surface area contributed by atoms with Gasteiger partial charge in [0.1, 0.15) is 0 Å². The summed E-state index contributed by atoms with van der Waals surface area (Å²) < 4.78 is 0. The number of piperidine rings is 1. The Kier molecular flexibility index (Phi) is 5.95. The summed E-state index contributed by atoms with van der Waals surface area (Å²) in [5.74, 6) is 2.87. The molecule has 0 bridgehead atoms. The Labute approximate surface area is 98.6 Å². The summed E-state index contributed by atoms with van der Waals surface area (Å²) in [5, 5.41) is 3.31. The van der Waals surface area contributed by atoms with E-state index in [4.69, 9.17) is 6.42 Å². The lowest BCUT2D eigenvalue weighted by atomic mass is 10.0. The highest BCUT2D eigenvalue weighted by Crippen LogP contribution is 2.12. The second-order valence-electron chi connectivity index (χ2n) is 4.28. The van der Waals surface area contributed by atoms with Crippen molar-refractivity contribution in [1.29, 1.82) is 0 Å². The van der Waals surface area contributed by atoms with Crippen molar-refractivity contribution >= 4 is 5.91 Å². The number of carbonyl (C=O) groups excluding carboxylic acids is 1. The van der Waals surface area contributed by atoms with Crippen LogP contribution in [0, 0.1) is 12.3 Å². The fraction of sp³-hybridized carbons (Fsp3) is 0.769. The zero-order chi connectivity index (χ0) is 11.8. The SMILES string of the molecule is C#CCCCN1CCCC(NCCC)C1=O. The van der Waals surface area contributed by atoms with Crippen LogP contribution >= 0.6 is 0 Å². The first-order valence-corrected chi connectivity index (χ1v) is 6.25. The molecule has 1 aliphatic rings. The highest BCUT2D eigenvalue weighted by Gasteiger charge is 2.27. The molecule has 16 heavy (non-hydrogen) atoms. The average molecular weight is 222 g/mol. The molecular formula is C13H22N2O. The predicted molar refractivity (Wildman–Crippen MR) is 66.0 cm³/mol. The van der Waals surface area contributed by atoms with E-state index in [0.717, 1.165) is 51.7 Å². The molecule has 0 spiro atoms. The first-order valence-electron chi connectivity index (χ1n) is 6.25. The van der Waals surface area contributed by atoms with E-state index in [1.54, 1.807) is 0 Å². The first-order chi connectivity index (χ1) is 7.79. The smallest absolute Gasteiger partial charge is 0.239 e. The Bertz CT molecular complexity index is 257. The van der Waals surface area contributed by atoms with Gasteiger partial charge in [-0.05, 0) is 32.2 Å². The van der Waals surface area contributed by atoms with Crippen LogP contribution in [-0.2, 0) is 4.79 Å². The van der Waals surface area contributed by atoms with Crippen LogP contribution < -0.4 is 5.32 Å². The number of nitrogens with zero attached hydrogens (tertiary/aromatic N) is 1. The molecule has 0 aromatic carbocycles. The maximum atomic E-state index is 12.0. The topological polar surface area (TPSA) is 32.3 Å². The number of rotatable bonds is 6. The van der Waals surface area contributed by atoms with E-state index in [2.05, 4.69) is 18.2 Å². The van der Waals surface area contributed by atoms with E-state index < -0.39 is 0 Å². The van der Waals surface area contributed by atoms with Gasteiger partial charge in [-0.25, -0.2) is 0 Å². The van der Waals surface area contributed by atoms with Gasteiger partial charge in [0.25, 0.3) is 0 Å². The summed E-state index contributed by atoms with van der Waals surface area (Å²) in [4.78, 5) is 14.0. The molecule has 0 aromatic heterocycles. The van der Waals surface area contributed by atoms with E-state index in [1.807, 2.05) is 4.90 Å². The van der Waals surface area contributed by atoms with Crippen LogP contribution in [-0.4, -0.2) is 36.5 Å². The monoisotopic (exact) mass is 222 g/mol. The molecule has 90 valence electrons. The van der Waals surface area contributed by atoms with Crippen molar-refractivity contribution in [2.24, 2.45) is 0 Å². The van der Waals surface area contributed by atoms with Crippen molar-refractivity contribution < 1.29 is 4.79 Å². The molecule has 0 saturated carbocycles. The summed E-state index contributed by atoms with van der Waals surface area (Å²) in [6.07, 6.45) is 10.0. The third kappa shape index (κ3) is 3.86. The number of amides is 1. The number of likely N-dealkylation sites (tertiary alicyclic amines) is 1. The van der Waals surface area contributed by atoms with Gasteiger partial charge in [-0.2, -0.15) is 0 Å². The van der Waals surface area contributed by atoms with Gasteiger partial charge in [-0.1, -0.05) is 6.92 Å². The van der Waals surface area contributed by atoms with E-state index in [0.29, 0.717) is 0 Å². The van der Waals surface area contributed by atoms with Crippen molar-refractivity contribution in [3.63, 3.8) is 0 Å². The Balaban J connectivity index is 2.35. The standard InChI is InChI=1S/C13H22N2O/c1-3-5-6-10-15-11-7-8-12(13(15)16)14-9-4-2/h1,12,14H,4-11H2,2H3. The van der Waals surface area contributed by atoms with Crippen molar-refractivity contribution in [3.8, 4) is 12.3 Å². The lowest BCUT2D eigenvalue weighted by Gasteiger charge is -2.32. The Hall–Kier alpha value is -1.01. The van der Waals surface area contributed by atoms with Crippen LogP contribution in [0.5, 0.6) is 0 Å². The van der Waals surface area contributed by atoms with Crippen LogP contribution in [0.3, 0.4) is 0 Å². The van der Waals surface area contributed by atoms with Gasteiger partial charge < -0.3 is 10.2 Å². The second kappa shape index (κ2) is 7.29. The highest BCUT2D eigenvalue weighted by atomic mass is 16.2. The molecule has 1 aliphatic heterocycles. The number of hydrogen-bond donors (Lipinski definition) is 1. The van der Waals surface area contributed by atoms with Crippen LogP contribution in [0.2, 0.25) is 0 Å². The molecule has 0 radical (unpaired) electrons. The summed E-state index contributed by atoms with van der Waals surface area (Å²) in [6, 6.07) is 0.0412. The minimum atomic E-state index is 0.0412. The largest absolute Gasteiger partial charge is 0.341 e.